The number of aryl methyl sites for hydroxylation is 1. The predicted octanol–water partition coefficient (Wildman–Crippen LogP) is 1.88. The summed E-state index contributed by atoms with van der Waals surface area (Å²) < 4.78 is 7.27. The largest absolute Gasteiger partial charge is 0.486 e. The fourth-order valence-electron chi connectivity index (χ4n) is 3.41. The zero-order valence-electron chi connectivity index (χ0n) is 20.7. The first-order valence-corrected chi connectivity index (χ1v) is 11.5. The van der Waals surface area contributed by atoms with Crippen molar-refractivity contribution in [1.82, 2.24) is 50.2 Å². The molecule has 0 amide bonds. The van der Waals surface area contributed by atoms with E-state index in [0.717, 1.165) is 36.6 Å². The fourth-order valence-corrected chi connectivity index (χ4v) is 3.41. The SMILES string of the molecule is CCN(CCC(C)n1ncc(COc2ccc(-n3cnnn3)nc2)n1)c1nc(C)cc(COOC)n1. The monoisotopic (exact) mass is 495 g/mol. The summed E-state index contributed by atoms with van der Waals surface area (Å²) in [7, 11) is 1.48. The molecule has 14 heteroatoms. The zero-order valence-corrected chi connectivity index (χ0v) is 20.7. The molecule has 1 unspecified atom stereocenters. The average molecular weight is 496 g/mol. The molecule has 4 heterocycles. The predicted molar refractivity (Wildman–Crippen MR) is 127 cm³/mol. The molecule has 190 valence electrons. The van der Waals surface area contributed by atoms with Gasteiger partial charge in [-0.25, -0.2) is 24.7 Å². The second-order valence-electron chi connectivity index (χ2n) is 8.00. The molecular weight excluding hydrogens is 466 g/mol. The van der Waals surface area contributed by atoms with Crippen LogP contribution in [0.1, 0.15) is 43.4 Å². The summed E-state index contributed by atoms with van der Waals surface area (Å²) in [5, 5.41) is 20.0. The molecule has 36 heavy (non-hydrogen) atoms. The van der Waals surface area contributed by atoms with Gasteiger partial charge in [-0.1, -0.05) is 0 Å². The Bertz CT molecular complexity index is 1210. The minimum atomic E-state index is 0.0751. The van der Waals surface area contributed by atoms with Gasteiger partial charge in [-0.15, -0.1) is 5.10 Å². The maximum Gasteiger partial charge on any atom is 0.225 e. The number of hydrogen-bond acceptors (Lipinski definition) is 12. The van der Waals surface area contributed by atoms with E-state index in [-0.39, 0.29) is 19.3 Å². The zero-order chi connectivity index (χ0) is 25.3. The molecule has 0 saturated heterocycles. The van der Waals surface area contributed by atoms with E-state index in [4.69, 9.17) is 14.5 Å². The molecular formula is C22H29N11O3. The van der Waals surface area contributed by atoms with Crippen molar-refractivity contribution in [3.05, 3.63) is 54.0 Å². The highest BCUT2D eigenvalue weighted by atomic mass is 17.2. The van der Waals surface area contributed by atoms with E-state index in [1.54, 1.807) is 29.3 Å². The van der Waals surface area contributed by atoms with Crippen molar-refractivity contribution in [3.8, 4) is 11.6 Å². The molecule has 0 spiro atoms. The summed E-state index contributed by atoms with van der Waals surface area (Å²) in [6.07, 6.45) is 5.62. The molecule has 0 aromatic carbocycles. The van der Waals surface area contributed by atoms with E-state index in [1.807, 2.05) is 13.0 Å². The van der Waals surface area contributed by atoms with Gasteiger partial charge < -0.3 is 9.64 Å². The van der Waals surface area contributed by atoms with Gasteiger partial charge in [0, 0.05) is 18.8 Å². The lowest BCUT2D eigenvalue weighted by atomic mass is 10.2. The number of hydrogen-bond donors (Lipinski definition) is 0. The van der Waals surface area contributed by atoms with Gasteiger partial charge in [0.05, 0.1) is 31.2 Å². The Hall–Kier alpha value is -4.04. The first-order valence-electron chi connectivity index (χ1n) is 11.5. The van der Waals surface area contributed by atoms with Crippen LogP contribution in [0.3, 0.4) is 0 Å². The van der Waals surface area contributed by atoms with Crippen molar-refractivity contribution in [2.75, 3.05) is 25.1 Å². The van der Waals surface area contributed by atoms with Crippen molar-refractivity contribution >= 4 is 5.95 Å². The Labute approximate surface area is 208 Å². The van der Waals surface area contributed by atoms with Crippen molar-refractivity contribution in [2.45, 2.75) is 46.4 Å². The molecule has 14 nitrogen and oxygen atoms in total. The Kier molecular flexibility index (Phi) is 8.41. The lowest BCUT2D eigenvalue weighted by Gasteiger charge is -2.23. The molecule has 0 aliphatic heterocycles. The number of aromatic nitrogens is 10. The van der Waals surface area contributed by atoms with Crippen LogP contribution in [0.4, 0.5) is 5.95 Å². The van der Waals surface area contributed by atoms with Crippen LogP contribution in [0.5, 0.6) is 5.75 Å². The molecule has 0 aliphatic rings. The van der Waals surface area contributed by atoms with Gasteiger partial charge in [0.25, 0.3) is 0 Å². The van der Waals surface area contributed by atoms with Gasteiger partial charge in [-0.2, -0.15) is 19.7 Å². The number of nitrogens with zero attached hydrogens (tertiary/aromatic N) is 11. The second-order valence-corrected chi connectivity index (χ2v) is 8.00. The van der Waals surface area contributed by atoms with E-state index in [9.17, 15) is 0 Å². The number of ether oxygens (including phenoxy) is 1. The van der Waals surface area contributed by atoms with Crippen LogP contribution in [0.2, 0.25) is 0 Å². The quantitative estimate of drug-likeness (QED) is 0.197. The van der Waals surface area contributed by atoms with Gasteiger partial charge in [-0.3, -0.25) is 0 Å². The van der Waals surface area contributed by atoms with Gasteiger partial charge in [0.1, 0.15) is 31.0 Å². The van der Waals surface area contributed by atoms with Crippen LogP contribution in [0.15, 0.2) is 36.9 Å². The van der Waals surface area contributed by atoms with Gasteiger partial charge >= 0.3 is 0 Å². The van der Waals surface area contributed by atoms with Crippen LogP contribution in [0.25, 0.3) is 5.82 Å². The topological polar surface area (TPSA) is 144 Å². The van der Waals surface area contributed by atoms with Crippen LogP contribution in [-0.4, -0.2) is 70.4 Å². The van der Waals surface area contributed by atoms with Gasteiger partial charge in [-0.05, 0) is 55.8 Å². The van der Waals surface area contributed by atoms with Crippen molar-refractivity contribution in [3.63, 3.8) is 0 Å². The summed E-state index contributed by atoms with van der Waals surface area (Å²) in [6.45, 7) is 8.16. The Morgan fingerprint density at radius 3 is 2.72 bits per heavy atom. The number of rotatable bonds is 13. The molecule has 0 saturated carbocycles. The number of anilines is 1. The Morgan fingerprint density at radius 1 is 1.11 bits per heavy atom. The normalized spacial score (nSPS) is 12.0. The highest BCUT2D eigenvalue weighted by Gasteiger charge is 2.15. The molecule has 4 aromatic heterocycles. The third-order valence-electron chi connectivity index (χ3n) is 5.34. The molecule has 1 atom stereocenters. The minimum Gasteiger partial charge on any atom is -0.486 e. The average Bonchev–Trinajstić information content (AvgIpc) is 3.59. The van der Waals surface area contributed by atoms with E-state index in [1.165, 1.54) is 18.1 Å². The molecule has 4 aromatic rings. The highest BCUT2D eigenvalue weighted by molar-refractivity contribution is 5.32. The molecule has 0 N–H and O–H groups in total. The molecule has 4 rings (SSSR count). The lowest BCUT2D eigenvalue weighted by molar-refractivity contribution is -0.282. The smallest absolute Gasteiger partial charge is 0.225 e. The standard InChI is InChI=1S/C22H29N11O3/c1-5-31(22-26-16(2)10-18(27-22)14-36-34-4)9-8-17(3)33-25-11-19(28-33)13-35-20-6-7-21(23-12-20)32-15-24-29-30-32/h6-7,10-12,15,17H,5,8-9,13-14H2,1-4H3. The van der Waals surface area contributed by atoms with E-state index >= 15 is 0 Å². The van der Waals surface area contributed by atoms with Gasteiger partial charge in [0.2, 0.25) is 5.95 Å². The van der Waals surface area contributed by atoms with Crippen LogP contribution >= 0.6 is 0 Å². The Morgan fingerprint density at radius 2 is 2.00 bits per heavy atom. The minimum absolute atomic E-state index is 0.0751. The van der Waals surface area contributed by atoms with E-state index < -0.39 is 0 Å². The molecule has 0 bridgehead atoms. The molecule has 0 radical (unpaired) electrons. The molecule has 0 fully saturated rings. The lowest BCUT2D eigenvalue weighted by Crippen LogP contribution is -2.28. The van der Waals surface area contributed by atoms with E-state index in [2.05, 4.69) is 59.4 Å². The second kappa shape index (κ2) is 12.1. The van der Waals surface area contributed by atoms with Gasteiger partial charge in [0.15, 0.2) is 5.82 Å². The summed E-state index contributed by atoms with van der Waals surface area (Å²) in [5.74, 6) is 1.88. The summed E-state index contributed by atoms with van der Waals surface area (Å²) in [4.78, 5) is 27.0. The summed E-state index contributed by atoms with van der Waals surface area (Å²) in [5.41, 5.74) is 2.37. The first-order chi connectivity index (χ1) is 17.6. The van der Waals surface area contributed by atoms with Crippen LogP contribution < -0.4 is 9.64 Å². The third-order valence-corrected chi connectivity index (χ3v) is 5.34. The summed E-state index contributed by atoms with van der Waals surface area (Å²) in [6, 6.07) is 5.53. The van der Waals surface area contributed by atoms with Crippen molar-refractivity contribution < 1.29 is 14.5 Å². The van der Waals surface area contributed by atoms with Crippen LogP contribution in [-0.2, 0) is 23.0 Å². The van der Waals surface area contributed by atoms with Crippen LogP contribution in [0, 0.1) is 6.92 Å². The third kappa shape index (κ3) is 6.55. The summed E-state index contributed by atoms with van der Waals surface area (Å²) >= 11 is 0. The van der Waals surface area contributed by atoms with E-state index in [0.29, 0.717) is 17.5 Å². The Balaban J connectivity index is 1.30. The maximum absolute atomic E-state index is 5.80. The molecule has 0 aliphatic carbocycles. The van der Waals surface area contributed by atoms with Crippen molar-refractivity contribution in [1.29, 1.82) is 0 Å². The maximum atomic E-state index is 5.80. The highest BCUT2D eigenvalue weighted by Crippen LogP contribution is 2.16. The fraction of sp³-hybridized carbons (Fsp3) is 0.455. The first kappa shape index (κ1) is 25.1. The number of tetrazole rings is 1. The number of pyridine rings is 1. The van der Waals surface area contributed by atoms with Crippen molar-refractivity contribution in [2.24, 2.45) is 0 Å².